The molecule has 0 aliphatic heterocycles. The summed E-state index contributed by atoms with van der Waals surface area (Å²) in [6, 6.07) is 8.77. The third kappa shape index (κ3) is 2.57. The number of nitrogens with one attached hydrogen (secondary N) is 2. The molecule has 3 aromatic rings. The van der Waals surface area contributed by atoms with Crippen LogP contribution in [0.4, 0.5) is 11.4 Å². The van der Waals surface area contributed by atoms with Gasteiger partial charge in [0.05, 0.1) is 23.3 Å². The number of hydrogen-bond donors (Lipinski definition) is 3. The third-order valence-corrected chi connectivity index (χ3v) is 2.86. The highest BCUT2D eigenvalue weighted by Crippen LogP contribution is 2.23. The first-order valence-electron chi connectivity index (χ1n) is 6.22. The van der Waals surface area contributed by atoms with E-state index < -0.39 is 5.91 Å². The standard InChI is InChI=1S/C14H12N6O/c15-9-4-3-7-17-12(9)14(21)19-11-8-18-20-13(11)10-5-1-2-6-16-10/h1-8H,15H2,(H,18,20)(H,19,21). The van der Waals surface area contributed by atoms with Gasteiger partial charge in [0.2, 0.25) is 0 Å². The predicted molar refractivity (Wildman–Crippen MR) is 78.4 cm³/mol. The van der Waals surface area contributed by atoms with Crippen LogP contribution in [0.3, 0.4) is 0 Å². The monoisotopic (exact) mass is 280 g/mol. The largest absolute Gasteiger partial charge is 0.397 e. The number of nitrogens with zero attached hydrogens (tertiary/aromatic N) is 3. The zero-order valence-corrected chi connectivity index (χ0v) is 10.9. The van der Waals surface area contributed by atoms with Crippen molar-refractivity contribution in [2.24, 2.45) is 0 Å². The number of anilines is 2. The molecule has 0 bridgehead atoms. The number of amides is 1. The third-order valence-electron chi connectivity index (χ3n) is 2.86. The lowest BCUT2D eigenvalue weighted by Gasteiger charge is -2.06. The molecule has 0 unspecified atom stereocenters. The van der Waals surface area contributed by atoms with Crippen LogP contribution in [0.1, 0.15) is 10.5 Å². The Kier molecular flexibility index (Phi) is 3.30. The van der Waals surface area contributed by atoms with Gasteiger partial charge in [0.25, 0.3) is 5.91 Å². The summed E-state index contributed by atoms with van der Waals surface area (Å²) in [5.74, 6) is -0.397. The van der Waals surface area contributed by atoms with Crippen molar-refractivity contribution < 1.29 is 4.79 Å². The number of nitrogens with two attached hydrogens (primary N) is 1. The summed E-state index contributed by atoms with van der Waals surface area (Å²) in [6.45, 7) is 0. The van der Waals surface area contributed by atoms with Crippen LogP contribution >= 0.6 is 0 Å². The van der Waals surface area contributed by atoms with Crippen LogP contribution in [0.2, 0.25) is 0 Å². The number of rotatable bonds is 3. The van der Waals surface area contributed by atoms with Gasteiger partial charge in [-0.1, -0.05) is 6.07 Å². The molecule has 0 saturated heterocycles. The molecule has 0 aliphatic carbocycles. The maximum absolute atomic E-state index is 12.2. The van der Waals surface area contributed by atoms with Crippen molar-refractivity contribution in [3.05, 3.63) is 54.6 Å². The normalized spacial score (nSPS) is 10.3. The topological polar surface area (TPSA) is 110 Å². The second-order valence-corrected chi connectivity index (χ2v) is 4.27. The summed E-state index contributed by atoms with van der Waals surface area (Å²) >= 11 is 0. The molecular weight excluding hydrogens is 268 g/mol. The van der Waals surface area contributed by atoms with Gasteiger partial charge in [-0.15, -0.1) is 0 Å². The summed E-state index contributed by atoms with van der Waals surface area (Å²) < 4.78 is 0. The molecule has 104 valence electrons. The minimum atomic E-state index is -0.397. The van der Waals surface area contributed by atoms with Crippen molar-refractivity contribution in [3.8, 4) is 11.4 Å². The molecule has 0 spiro atoms. The number of hydrogen-bond acceptors (Lipinski definition) is 5. The molecule has 0 saturated carbocycles. The number of aromatic nitrogens is 4. The molecule has 0 radical (unpaired) electrons. The Hall–Kier alpha value is -3.22. The molecule has 7 nitrogen and oxygen atoms in total. The van der Waals surface area contributed by atoms with Gasteiger partial charge in [0, 0.05) is 12.4 Å². The molecule has 0 atom stereocenters. The van der Waals surface area contributed by atoms with Crippen LogP contribution in [0.15, 0.2) is 48.9 Å². The number of carbonyl (C=O) groups is 1. The first-order chi connectivity index (χ1) is 10.3. The van der Waals surface area contributed by atoms with Gasteiger partial charge in [-0.25, -0.2) is 4.98 Å². The minimum Gasteiger partial charge on any atom is -0.397 e. The van der Waals surface area contributed by atoms with E-state index in [1.807, 2.05) is 18.2 Å². The Morgan fingerprint density at radius 1 is 1.14 bits per heavy atom. The molecule has 3 aromatic heterocycles. The number of aromatic amines is 1. The number of nitrogen functional groups attached to an aromatic ring is 1. The number of pyridine rings is 2. The Balaban J connectivity index is 1.89. The highest BCUT2D eigenvalue weighted by Gasteiger charge is 2.15. The van der Waals surface area contributed by atoms with E-state index in [1.165, 1.54) is 12.4 Å². The fourth-order valence-electron chi connectivity index (χ4n) is 1.88. The molecule has 0 fully saturated rings. The highest BCUT2D eigenvalue weighted by molar-refractivity contribution is 6.07. The van der Waals surface area contributed by atoms with Crippen molar-refractivity contribution in [3.63, 3.8) is 0 Å². The Bertz CT molecular complexity index is 768. The second-order valence-electron chi connectivity index (χ2n) is 4.27. The Morgan fingerprint density at radius 2 is 2.00 bits per heavy atom. The van der Waals surface area contributed by atoms with E-state index in [2.05, 4.69) is 25.5 Å². The average Bonchev–Trinajstić information content (AvgIpc) is 2.96. The van der Waals surface area contributed by atoms with Crippen LogP contribution in [-0.4, -0.2) is 26.1 Å². The van der Waals surface area contributed by atoms with Gasteiger partial charge in [-0.05, 0) is 24.3 Å². The van der Waals surface area contributed by atoms with E-state index in [4.69, 9.17) is 5.73 Å². The Labute approximate surface area is 120 Å². The quantitative estimate of drug-likeness (QED) is 0.676. The number of carbonyl (C=O) groups excluding carboxylic acids is 1. The van der Waals surface area contributed by atoms with Crippen LogP contribution in [0.25, 0.3) is 11.4 Å². The van der Waals surface area contributed by atoms with Crippen LogP contribution in [0.5, 0.6) is 0 Å². The molecule has 4 N–H and O–H groups in total. The summed E-state index contributed by atoms with van der Waals surface area (Å²) in [5.41, 5.74) is 8.05. The SMILES string of the molecule is Nc1cccnc1C(=O)Nc1cn[nH]c1-c1ccccn1. The first-order valence-corrected chi connectivity index (χ1v) is 6.22. The molecule has 21 heavy (non-hydrogen) atoms. The zero-order chi connectivity index (χ0) is 14.7. The van der Waals surface area contributed by atoms with Crippen LogP contribution < -0.4 is 11.1 Å². The summed E-state index contributed by atoms with van der Waals surface area (Å²) in [5, 5.41) is 9.48. The molecule has 1 amide bonds. The zero-order valence-electron chi connectivity index (χ0n) is 10.9. The summed E-state index contributed by atoms with van der Waals surface area (Å²) in [4.78, 5) is 20.4. The first kappa shape index (κ1) is 12.8. The van der Waals surface area contributed by atoms with Gasteiger partial charge in [0.15, 0.2) is 5.69 Å². The molecule has 0 aliphatic rings. The maximum atomic E-state index is 12.2. The van der Waals surface area contributed by atoms with Gasteiger partial charge >= 0.3 is 0 Å². The van der Waals surface area contributed by atoms with Crippen LogP contribution in [0, 0.1) is 0 Å². The lowest BCUT2D eigenvalue weighted by molar-refractivity contribution is 0.102. The lowest BCUT2D eigenvalue weighted by atomic mass is 10.2. The maximum Gasteiger partial charge on any atom is 0.276 e. The van der Waals surface area contributed by atoms with E-state index in [1.54, 1.807) is 18.3 Å². The minimum absolute atomic E-state index is 0.172. The molecular formula is C14H12N6O. The van der Waals surface area contributed by atoms with Gasteiger partial charge < -0.3 is 11.1 Å². The van der Waals surface area contributed by atoms with E-state index in [9.17, 15) is 4.79 Å². The predicted octanol–water partition coefficient (Wildman–Crippen LogP) is 1.70. The van der Waals surface area contributed by atoms with Crippen molar-refractivity contribution in [1.29, 1.82) is 0 Å². The van der Waals surface area contributed by atoms with E-state index in [0.29, 0.717) is 22.8 Å². The molecule has 3 heterocycles. The van der Waals surface area contributed by atoms with Gasteiger partial charge in [-0.3, -0.25) is 14.9 Å². The van der Waals surface area contributed by atoms with Crippen molar-refractivity contribution in [1.82, 2.24) is 20.2 Å². The van der Waals surface area contributed by atoms with Gasteiger partial charge in [-0.2, -0.15) is 5.10 Å². The molecule has 7 heteroatoms. The van der Waals surface area contributed by atoms with Crippen molar-refractivity contribution >= 4 is 17.3 Å². The van der Waals surface area contributed by atoms with Gasteiger partial charge in [0.1, 0.15) is 5.69 Å². The molecule has 3 rings (SSSR count). The fraction of sp³-hybridized carbons (Fsp3) is 0. The molecule has 0 aromatic carbocycles. The van der Waals surface area contributed by atoms with Crippen molar-refractivity contribution in [2.75, 3.05) is 11.1 Å². The van der Waals surface area contributed by atoms with E-state index in [0.717, 1.165) is 0 Å². The Morgan fingerprint density at radius 3 is 2.76 bits per heavy atom. The lowest BCUT2D eigenvalue weighted by Crippen LogP contribution is -2.15. The van der Waals surface area contributed by atoms with Crippen molar-refractivity contribution in [2.45, 2.75) is 0 Å². The second kappa shape index (κ2) is 5.41. The summed E-state index contributed by atoms with van der Waals surface area (Å²) in [7, 11) is 0. The van der Waals surface area contributed by atoms with E-state index in [-0.39, 0.29) is 5.69 Å². The van der Waals surface area contributed by atoms with E-state index >= 15 is 0 Å². The van der Waals surface area contributed by atoms with Crippen LogP contribution in [-0.2, 0) is 0 Å². The fourth-order valence-corrected chi connectivity index (χ4v) is 1.88. The number of H-pyrrole nitrogens is 1. The smallest absolute Gasteiger partial charge is 0.276 e. The highest BCUT2D eigenvalue weighted by atomic mass is 16.1. The summed E-state index contributed by atoms with van der Waals surface area (Å²) in [6.07, 6.45) is 4.69. The average molecular weight is 280 g/mol.